The van der Waals surface area contributed by atoms with Gasteiger partial charge in [-0.1, -0.05) is 0 Å². The molecule has 0 fully saturated rings. The molecule has 117 heavy (non-hydrogen) atoms. The number of hydrogen-bond acceptors (Lipinski definition) is 28. The molecule has 8 aliphatic heterocycles. The highest BCUT2D eigenvalue weighted by atomic mass is 19.3. The van der Waals surface area contributed by atoms with Gasteiger partial charge < -0.3 is 82.9 Å². The van der Waals surface area contributed by atoms with Gasteiger partial charge in [0.25, 0.3) is 28.7 Å². The van der Waals surface area contributed by atoms with E-state index >= 15 is 0 Å². The first kappa shape index (κ1) is 88.4. The van der Waals surface area contributed by atoms with Crippen LogP contribution in [0.2, 0.25) is 0 Å². The van der Waals surface area contributed by atoms with Crippen LogP contribution in [0.3, 0.4) is 0 Å². The van der Waals surface area contributed by atoms with Crippen molar-refractivity contribution < 1.29 is 48.4 Å². The maximum absolute atomic E-state index is 13.0. The summed E-state index contributed by atoms with van der Waals surface area (Å²) < 4.78 is 33.0. The average Bonchev–Trinajstić information content (AvgIpc) is 0.773. The van der Waals surface area contributed by atoms with E-state index in [1.54, 1.807) is 13.7 Å². The quantitative estimate of drug-likeness (QED) is 0.0197. The number of nitrogens with zero attached hydrogens (tertiary/aromatic N) is 12. The van der Waals surface area contributed by atoms with Gasteiger partial charge in [-0.25, -0.2) is 52.7 Å². The molecule has 40 nitrogen and oxygen atoms in total. The van der Waals surface area contributed by atoms with Crippen LogP contribution in [-0.4, -0.2) is 205 Å². The lowest BCUT2D eigenvalue weighted by Gasteiger charge is -2.23. The van der Waals surface area contributed by atoms with E-state index < -0.39 is 105 Å². The zero-order valence-corrected chi connectivity index (χ0v) is 65.3. The van der Waals surface area contributed by atoms with Crippen LogP contribution in [0.15, 0.2) is 86.9 Å². The minimum absolute atomic E-state index is 0.0339. The molecule has 4 atom stereocenters. The summed E-state index contributed by atoms with van der Waals surface area (Å²) in [6.45, 7) is 20.8. The zero-order valence-electron chi connectivity index (χ0n) is 65.3. The van der Waals surface area contributed by atoms with Gasteiger partial charge in [0.15, 0.2) is 51.6 Å². The van der Waals surface area contributed by atoms with Crippen molar-refractivity contribution in [3.8, 4) is 46.1 Å². The molecule has 12 rings (SSSR count). The molecule has 0 radical (unpaired) electrons. The number of carboxylic acid groups (broad SMARTS) is 4. The van der Waals surface area contributed by atoms with Crippen molar-refractivity contribution in [2.75, 3.05) is 52.4 Å². The van der Waals surface area contributed by atoms with E-state index in [0.29, 0.717) is 125 Å². The monoisotopic (exact) mass is 1620 g/mol. The van der Waals surface area contributed by atoms with E-state index in [1.165, 1.54) is 0 Å². The van der Waals surface area contributed by atoms with Gasteiger partial charge in [-0.2, -0.15) is 19.9 Å². The van der Waals surface area contributed by atoms with E-state index in [9.17, 15) is 66.3 Å². The van der Waals surface area contributed by atoms with Gasteiger partial charge in [0.1, 0.15) is 18.1 Å². The fourth-order valence-electron chi connectivity index (χ4n) is 12.5. The van der Waals surface area contributed by atoms with Gasteiger partial charge in [-0.3, -0.25) is 53.5 Å². The highest BCUT2D eigenvalue weighted by Gasteiger charge is 2.43. The number of benzene rings is 4. The Morgan fingerprint density at radius 1 is 0.376 bits per heavy atom. The Morgan fingerprint density at radius 3 is 0.863 bits per heavy atom. The van der Waals surface area contributed by atoms with E-state index in [4.69, 9.17) is 43.4 Å². The first-order valence-electron chi connectivity index (χ1n) is 37.1. The lowest BCUT2D eigenvalue weighted by Crippen LogP contribution is -2.54. The van der Waals surface area contributed by atoms with Crippen molar-refractivity contribution in [1.82, 2.24) is 99.3 Å². The molecule has 622 valence electrons. The third kappa shape index (κ3) is 21.5. The van der Waals surface area contributed by atoms with Crippen LogP contribution in [0, 0.1) is 55.4 Å². The maximum Gasteiger partial charge on any atom is 0.349 e. The van der Waals surface area contributed by atoms with E-state index in [2.05, 4.69) is 81.1 Å². The minimum atomic E-state index is -3.18. The Labute approximate surface area is 661 Å². The van der Waals surface area contributed by atoms with Gasteiger partial charge in [0, 0.05) is 52.4 Å². The number of nitrogens with two attached hydrogens (primary N) is 4. The first-order chi connectivity index (χ1) is 55.4. The van der Waals surface area contributed by atoms with Crippen molar-refractivity contribution in [2.24, 2.45) is 22.9 Å². The molecule has 0 saturated heterocycles. The van der Waals surface area contributed by atoms with Crippen LogP contribution in [0.5, 0.6) is 0 Å². The standard InChI is InChI=1S/C20H24F2N6O4.C19H24N6O4.2C18H22N6O4/c1-10-8-12-13(9-11(10)2)28(15-14(25-12)16(29)27-19(32)26-15)7-6-24-5-3-4-20(23,17(21)22)18(30)31;1-10-8-13-14(9-11(10)2)25(7-6-21-5-3-4-12(20)18(27)28)16-15(22-13)17(26)24-19(29)23-16;2*1-9-7-12-13(8-10(9)2)24(6-5-20-4-3-11(19)17(26)27)15-14(21-12)16(25)23-18(28)22-15/h8-9,17,24H,3-7,23H2,1-2H3,(H,30,31)(H,27,29,32);8-9,12,21H,3-7,20H2,1-2H3,(H,27,28)(H,24,26,29);2*7-8,11,20H,3-6,19H2,1-2H3,(H,26,27)(H,23,25,28)/t;12-;2*11-/m.110/s1. The summed E-state index contributed by atoms with van der Waals surface area (Å²) in [7, 11) is 0. The van der Waals surface area contributed by atoms with Crippen LogP contribution in [-0.2, 0) is 45.4 Å². The Kier molecular flexibility index (Phi) is 29.2. The van der Waals surface area contributed by atoms with E-state index in [-0.39, 0.29) is 59.0 Å². The molecular weight excluding hydrogens is 1530 g/mol. The number of aryl methyl sites for hydroxylation is 8. The van der Waals surface area contributed by atoms with Crippen molar-refractivity contribution >= 4 is 68.0 Å². The number of rotatable bonds is 31. The number of hydrogen-bond donors (Lipinski definition) is 16. The molecule has 4 aromatic carbocycles. The lowest BCUT2D eigenvalue weighted by atomic mass is 9.95. The molecule has 42 heteroatoms. The van der Waals surface area contributed by atoms with Gasteiger partial charge in [-0.05, 0) is 213 Å². The first-order valence-corrected chi connectivity index (χ1v) is 37.1. The van der Waals surface area contributed by atoms with Gasteiger partial charge in [0.05, 0.1) is 44.1 Å². The van der Waals surface area contributed by atoms with Gasteiger partial charge >= 0.3 is 46.6 Å². The number of halogens is 2. The fourth-order valence-corrected chi connectivity index (χ4v) is 12.5. The van der Waals surface area contributed by atoms with Crippen molar-refractivity contribution in [1.29, 1.82) is 0 Å². The summed E-state index contributed by atoms with van der Waals surface area (Å²) in [4.78, 5) is 181. The summed E-state index contributed by atoms with van der Waals surface area (Å²) in [5.74, 6) is -4.02. The average molecular weight is 1620 g/mol. The minimum Gasteiger partial charge on any atom is -0.480 e. The van der Waals surface area contributed by atoms with Crippen molar-refractivity contribution in [3.63, 3.8) is 0 Å². The molecular formula is C75H92F2N24O16. The third-order valence-electron chi connectivity index (χ3n) is 19.8. The lowest BCUT2D eigenvalue weighted by molar-refractivity contribution is -0.150. The topological polar surface area (TPSA) is 624 Å². The number of carbonyl (C=O) groups is 4. The molecule has 0 amide bonds. The number of aliphatic carboxylic acids is 4. The van der Waals surface area contributed by atoms with E-state index in [1.807, 2.05) is 108 Å². The molecule has 8 aliphatic rings. The molecule has 0 saturated carbocycles. The second-order valence-electron chi connectivity index (χ2n) is 28.2. The number of nitrogens with one attached hydrogen (secondary N) is 8. The highest BCUT2D eigenvalue weighted by Crippen LogP contribution is 2.29. The normalized spacial score (nSPS) is 12.8. The van der Waals surface area contributed by atoms with Gasteiger partial charge in [0.2, 0.25) is 0 Å². The summed E-state index contributed by atoms with van der Waals surface area (Å²) >= 11 is 0. The van der Waals surface area contributed by atoms with Gasteiger partial charge in [-0.15, -0.1) is 0 Å². The second-order valence-corrected chi connectivity index (χ2v) is 28.2. The number of aromatic nitrogens is 16. The van der Waals surface area contributed by atoms with Crippen LogP contribution < -0.4 is 89.2 Å². The molecule has 0 bridgehead atoms. The molecule has 20 N–H and O–H groups in total. The Morgan fingerprint density at radius 2 is 0.615 bits per heavy atom. The summed E-state index contributed by atoms with van der Waals surface area (Å²) in [6.07, 6.45) is -1.87. The summed E-state index contributed by atoms with van der Waals surface area (Å²) in [5, 5.41) is 47.9. The number of fused-ring (bicyclic) bond motifs is 8. The number of carboxylic acids is 4. The summed E-state index contributed by atoms with van der Waals surface area (Å²) in [5.41, 5.74) is 28.0. The predicted molar refractivity (Wildman–Crippen MR) is 429 cm³/mol. The van der Waals surface area contributed by atoms with Crippen molar-refractivity contribution in [3.05, 3.63) is 176 Å². The third-order valence-corrected chi connectivity index (χ3v) is 19.8. The molecule has 0 aromatic heterocycles. The van der Waals surface area contributed by atoms with Crippen LogP contribution >= 0.6 is 0 Å². The number of alkyl halides is 2. The van der Waals surface area contributed by atoms with E-state index in [0.717, 1.165) is 61.1 Å². The summed E-state index contributed by atoms with van der Waals surface area (Å²) in [6, 6.07) is 12.6. The van der Waals surface area contributed by atoms with Crippen LogP contribution in [0.4, 0.5) is 8.78 Å². The second kappa shape index (κ2) is 38.7. The highest BCUT2D eigenvalue weighted by molar-refractivity contribution is 5.85. The van der Waals surface area contributed by atoms with Crippen LogP contribution in [0.25, 0.3) is 90.2 Å². The largest absolute Gasteiger partial charge is 0.480 e. The smallest absolute Gasteiger partial charge is 0.349 e. The molecule has 1 unspecified atom stereocenters. The number of aromatic amines is 4. The maximum atomic E-state index is 13.0. The molecule has 4 aromatic rings. The Bertz CT molecular complexity index is 5900. The Hall–Kier alpha value is -12.6. The molecule has 0 spiro atoms. The molecule has 0 aliphatic carbocycles. The SMILES string of the molecule is Cc1cc2nc3c(=O)[nH]c(=O)nc-3n(CCNCCCC(N)(C(=O)O)C(F)F)c2cc1C.Cc1cc2nc3c(=O)[nH]c(=O)nc-3n(CCNCCC[C@@H](N)C(=O)O)c2cc1C.Cc1cc2nc3c(=O)[nH]c(=O)nc-3n(CCNCC[C@@H](N)C(=O)O)c2cc1C.Cc1cc2nc3c(=O)[nH]c(=O)nc-3n(CCNCC[C@H](N)C(=O)O)c2cc1C. The molecule has 8 heterocycles. The fraction of sp³-hybridized carbons (Fsp3) is 0.413. The predicted octanol–water partition coefficient (Wildman–Crippen LogP) is -0.212. The van der Waals surface area contributed by atoms with Crippen molar-refractivity contribution in [2.45, 2.75) is 150 Å². The number of H-pyrrole nitrogens is 4. The zero-order chi connectivity index (χ0) is 85.6. The van der Waals surface area contributed by atoms with Crippen LogP contribution in [0.1, 0.15) is 83.0 Å². The Balaban J connectivity index is 0.000000178.